The van der Waals surface area contributed by atoms with Crippen LogP contribution >= 0.6 is 0 Å². The normalized spacial score (nSPS) is 13.6. The van der Waals surface area contributed by atoms with Crippen molar-refractivity contribution in [1.82, 2.24) is 5.32 Å². The van der Waals surface area contributed by atoms with Crippen LogP contribution in [-0.4, -0.2) is 36.2 Å². The van der Waals surface area contributed by atoms with Gasteiger partial charge in [0, 0.05) is 24.7 Å². The molecule has 0 bridgehead atoms. The van der Waals surface area contributed by atoms with Crippen molar-refractivity contribution in [3.05, 3.63) is 33.9 Å². The van der Waals surface area contributed by atoms with Crippen LogP contribution in [-0.2, 0) is 4.79 Å². The van der Waals surface area contributed by atoms with E-state index in [1.54, 1.807) is 7.05 Å². The lowest BCUT2D eigenvalue weighted by Gasteiger charge is -2.19. The number of nitro benzene ring substituents is 1. The Kier molecular flexibility index (Phi) is 4.21. The zero-order valence-corrected chi connectivity index (χ0v) is 12.0. The number of anilines is 1. The molecule has 1 fully saturated rings. The maximum atomic E-state index is 11.8. The number of carbonyl (C=O) groups excluding carboxylic acids is 2. The second-order valence-electron chi connectivity index (χ2n) is 5.21. The van der Waals surface area contributed by atoms with Gasteiger partial charge in [-0.25, -0.2) is 0 Å². The Morgan fingerprint density at radius 2 is 2.10 bits per heavy atom. The van der Waals surface area contributed by atoms with Gasteiger partial charge in [-0.2, -0.15) is 0 Å². The molecule has 1 saturated carbocycles. The van der Waals surface area contributed by atoms with Crippen LogP contribution in [0, 0.1) is 10.1 Å². The first-order valence-corrected chi connectivity index (χ1v) is 6.68. The lowest BCUT2D eigenvalue weighted by molar-refractivity contribution is -0.384. The van der Waals surface area contributed by atoms with E-state index in [2.05, 4.69) is 5.32 Å². The van der Waals surface area contributed by atoms with Gasteiger partial charge in [0.1, 0.15) is 5.69 Å². The topological polar surface area (TPSA) is 92.6 Å². The molecule has 21 heavy (non-hydrogen) atoms. The number of hydrogen-bond donors (Lipinski definition) is 1. The van der Waals surface area contributed by atoms with Gasteiger partial charge < -0.3 is 10.2 Å². The van der Waals surface area contributed by atoms with Crippen molar-refractivity contribution in [3.8, 4) is 0 Å². The Labute approximate surface area is 122 Å². The predicted molar refractivity (Wildman–Crippen MR) is 77.5 cm³/mol. The molecule has 1 aliphatic carbocycles. The van der Waals surface area contributed by atoms with E-state index in [4.69, 9.17) is 0 Å². The van der Waals surface area contributed by atoms with Crippen LogP contribution in [0.25, 0.3) is 0 Å². The summed E-state index contributed by atoms with van der Waals surface area (Å²) in [5.41, 5.74) is 0.418. The van der Waals surface area contributed by atoms with Crippen LogP contribution < -0.4 is 10.2 Å². The first kappa shape index (κ1) is 15.0. The molecule has 0 spiro atoms. The SMILES string of the molecule is CC(=O)c1ccc(N(C)CC(=O)NC2CC2)c([N+](=O)[O-])c1. The number of nitro groups is 1. The second kappa shape index (κ2) is 5.90. The number of Topliss-reactive ketones (excluding diaryl/α,β-unsaturated/α-hetero) is 1. The van der Waals surface area contributed by atoms with Crippen LogP contribution in [0.1, 0.15) is 30.1 Å². The molecule has 0 saturated heterocycles. The number of nitrogens with zero attached hydrogens (tertiary/aromatic N) is 2. The third-order valence-corrected chi connectivity index (χ3v) is 3.31. The summed E-state index contributed by atoms with van der Waals surface area (Å²) in [7, 11) is 1.61. The molecule has 0 aliphatic heterocycles. The van der Waals surface area contributed by atoms with Crippen LogP contribution in [0.5, 0.6) is 0 Å². The molecule has 1 aromatic rings. The quantitative estimate of drug-likeness (QED) is 0.487. The molecule has 1 aromatic carbocycles. The van der Waals surface area contributed by atoms with Gasteiger partial charge in [0.2, 0.25) is 5.91 Å². The smallest absolute Gasteiger partial charge is 0.293 e. The highest BCUT2D eigenvalue weighted by molar-refractivity contribution is 5.95. The summed E-state index contributed by atoms with van der Waals surface area (Å²) >= 11 is 0. The molecule has 1 N–H and O–H groups in total. The highest BCUT2D eigenvalue weighted by atomic mass is 16.6. The van der Waals surface area contributed by atoms with Gasteiger partial charge in [0.05, 0.1) is 11.5 Å². The summed E-state index contributed by atoms with van der Waals surface area (Å²) in [6.45, 7) is 1.39. The largest absolute Gasteiger partial charge is 0.360 e. The van der Waals surface area contributed by atoms with E-state index >= 15 is 0 Å². The summed E-state index contributed by atoms with van der Waals surface area (Å²) in [6.07, 6.45) is 1.98. The van der Waals surface area contributed by atoms with Gasteiger partial charge in [-0.05, 0) is 31.9 Å². The van der Waals surface area contributed by atoms with Crippen molar-refractivity contribution in [3.63, 3.8) is 0 Å². The van der Waals surface area contributed by atoms with Gasteiger partial charge >= 0.3 is 0 Å². The molecule has 0 heterocycles. The average Bonchev–Trinajstić information content (AvgIpc) is 3.21. The van der Waals surface area contributed by atoms with E-state index in [-0.39, 0.29) is 35.5 Å². The summed E-state index contributed by atoms with van der Waals surface area (Å²) in [6, 6.07) is 4.52. The van der Waals surface area contributed by atoms with E-state index in [1.807, 2.05) is 0 Å². The molecule has 1 aliphatic rings. The zero-order valence-electron chi connectivity index (χ0n) is 12.0. The Hall–Kier alpha value is -2.44. The van der Waals surface area contributed by atoms with Crippen LogP contribution in [0.2, 0.25) is 0 Å². The first-order chi connectivity index (χ1) is 9.88. The molecule has 2 rings (SSSR count). The van der Waals surface area contributed by atoms with E-state index in [0.717, 1.165) is 12.8 Å². The first-order valence-electron chi connectivity index (χ1n) is 6.68. The minimum absolute atomic E-state index is 0.0385. The zero-order chi connectivity index (χ0) is 15.6. The minimum Gasteiger partial charge on any atom is -0.360 e. The van der Waals surface area contributed by atoms with Crippen LogP contribution in [0.3, 0.4) is 0 Å². The number of likely N-dealkylation sites (N-methyl/N-ethyl adjacent to an activating group) is 1. The fourth-order valence-electron chi connectivity index (χ4n) is 2.01. The third kappa shape index (κ3) is 3.77. The average molecular weight is 291 g/mol. The second-order valence-corrected chi connectivity index (χ2v) is 5.21. The Morgan fingerprint density at radius 3 is 2.62 bits per heavy atom. The molecule has 1 amide bonds. The molecule has 7 nitrogen and oxygen atoms in total. The molecule has 0 unspecified atom stereocenters. The van der Waals surface area contributed by atoms with Crippen molar-refractivity contribution in [2.45, 2.75) is 25.8 Å². The summed E-state index contributed by atoms with van der Waals surface area (Å²) in [5, 5.41) is 14.0. The standard InChI is InChI=1S/C14H17N3O4/c1-9(18)10-3-6-12(13(7-10)17(20)21)16(2)8-14(19)15-11-4-5-11/h3,6-7,11H,4-5,8H2,1-2H3,(H,15,19). The molecule has 112 valence electrons. The minimum atomic E-state index is -0.545. The lowest BCUT2D eigenvalue weighted by Crippen LogP contribution is -2.36. The molecule has 0 radical (unpaired) electrons. The summed E-state index contributed by atoms with van der Waals surface area (Å²) < 4.78 is 0. The maximum absolute atomic E-state index is 11.8. The van der Waals surface area contributed by atoms with E-state index < -0.39 is 4.92 Å². The Balaban J connectivity index is 2.18. The van der Waals surface area contributed by atoms with E-state index in [9.17, 15) is 19.7 Å². The molecular formula is C14H17N3O4. The molecule has 0 aromatic heterocycles. The van der Waals surface area contributed by atoms with Gasteiger partial charge in [-0.15, -0.1) is 0 Å². The van der Waals surface area contributed by atoms with Crippen molar-refractivity contribution in [1.29, 1.82) is 0 Å². The Morgan fingerprint density at radius 1 is 1.43 bits per heavy atom. The van der Waals surface area contributed by atoms with Gasteiger partial charge in [-0.3, -0.25) is 19.7 Å². The van der Waals surface area contributed by atoms with Crippen molar-refractivity contribution >= 4 is 23.1 Å². The van der Waals surface area contributed by atoms with Gasteiger partial charge in [0.15, 0.2) is 5.78 Å². The highest BCUT2D eigenvalue weighted by Crippen LogP contribution is 2.28. The monoisotopic (exact) mass is 291 g/mol. The summed E-state index contributed by atoms with van der Waals surface area (Å²) in [4.78, 5) is 35.2. The van der Waals surface area contributed by atoms with Crippen molar-refractivity contribution in [2.75, 3.05) is 18.5 Å². The van der Waals surface area contributed by atoms with Crippen LogP contribution in [0.15, 0.2) is 18.2 Å². The predicted octanol–water partition coefficient (Wildman–Crippen LogP) is 1.51. The van der Waals surface area contributed by atoms with Crippen LogP contribution in [0.4, 0.5) is 11.4 Å². The molecule has 0 atom stereocenters. The number of ketones is 1. The third-order valence-electron chi connectivity index (χ3n) is 3.31. The van der Waals surface area contributed by atoms with Gasteiger partial charge in [-0.1, -0.05) is 0 Å². The fourth-order valence-corrected chi connectivity index (χ4v) is 2.01. The number of benzene rings is 1. The number of carbonyl (C=O) groups is 2. The van der Waals surface area contributed by atoms with Crippen molar-refractivity contribution in [2.24, 2.45) is 0 Å². The highest BCUT2D eigenvalue weighted by Gasteiger charge is 2.25. The van der Waals surface area contributed by atoms with E-state index in [1.165, 1.54) is 30.0 Å². The number of nitrogens with one attached hydrogen (secondary N) is 1. The van der Waals surface area contributed by atoms with Gasteiger partial charge in [0.25, 0.3) is 5.69 Å². The van der Waals surface area contributed by atoms with Crippen molar-refractivity contribution < 1.29 is 14.5 Å². The number of hydrogen-bond acceptors (Lipinski definition) is 5. The number of rotatable bonds is 6. The Bertz CT molecular complexity index is 596. The lowest BCUT2D eigenvalue weighted by atomic mass is 10.1. The maximum Gasteiger partial charge on any atom is 0.293 e. The summed E-state index contributed by atoms with van der Waals surface area (Å²) in [5.74, 6) is -0.399. The molecular weight excluding hydrogens is 274 g/mol. The fraction of sp³-hybridized carbons (Fsp3) is 0.429. The molecule has 7 heteroatoms. The van der Waals surface area contributed by atoms with E-state index in [0.29, 0.717) is 5.69 Å². The number of amides is 1.